The number of carbonyl (C=O) groups excluding carboxylic acids is 1. The lowest BCUT2D eigenvalue weighted by atomic mass is 9.92. The van der Waals surface area contributed by atoms with Crippen molar-refractivity contribution in [3.63, 3.8) is 0 Å². The summed E-state index contributed by atoms with van der Waals surface area (Å²) in [5.74, 6) is -0.698. The first kappa shape index (κ1) is 22.9. The Morgan fingerprint density at radius 3 is 2.33 bits per heavy atom. The molecule has 10 heteroatoms. The van der Waals surface area contributed by atoms with Crippen LogP contribution in [0.3, 0.4) is 0 Å². The Hall–Kier alpha value is -1.81. The number of alkyl halides is 3. The number of rotatable bonds is 4. The van der Waals surface area contributed by atoms with Gasteiger partial charge in [-0.3, -0.25) is 9.78 Å². The Morgan fingerprint density at radius 1 is 1.27 bits per heavy atom. The Bertz CT molecular complexity index is 787. The third-order valence-electron chi connectivity index (χ3n) is 5.26. The van der Waals surface area contributed by atoms with E-state index in [2.05, 4.69) is 4.98 Å². The largest absolute Gasteiger partial charge is 0.490 e. The summed E-state index contributed by atoms with van der Waals surface area (Å²) in [6.07, 6.45) is -0.901. The van der Waals surface area contributed by atoms with E-state index in [-0.39, 0.29) is 10.7 Å². The SMILES string of the molecule is Cc1cc(C(=O)N2CC3(CC(OCC4CC4)CS3)C2)cc(C)n1.O=C(O)C(F)(F)F. The molecular weight excluding hydrogens is 421 g/mol. The zero-order valence-electron chi connectivity index (χ0n) is 16.9. The third kappa shape index (κ3) is 5.87. The van der Waals surface area contributed by atoms with Crippen LogP contribution in [-0.4, -0.2) is 69.3 Å². The number of carboxylic acid groups (broad SMARTS) is 1. The predicted octanol–water partition coefficient (Wildman–Crippen LogP) is 3.46. The molecule has 1 atom stereocenters. The van der Waals surface area contributed by atoms with Gasteiger partial charge in [0.1, 0.15) is 0 Å². The fourth-order valence-corrected chi connectivity index (χ4v) is 5.17. The average Bonchev–Trinajstić information content (AvgIpc) is 3.34. The smallest absolute Gasteiger partial charge is 0.475 e. The monoisotopic (exact) mass is 446 g/mol. The molecule has 2 saturated heterocycles. The molecule has 0 aromatic carbocycles. The van der Waals surface area contributed by atoms with Crippen molar-refractivity contribution in [2.45, 2.75) is 50.1 Å². The molecule has 3 aliphatic rings. The summed E-state index contributed by atoms with van der Waals surface area (Å²) in [5, 5.41) is 7.12. The Balaban J connectivity index is 0.000000318. The van der Waals surface area contributed by atoms with Gasteiger partial charge in [0, 0.05) is 42.4 Å². The van der Waals surface area contributed by atoms with Crippen molar-refractivity contribution < 1.29 is 32.6 Å². The first-order chi connectivity index (χ1) is 14.0. The zero-order valence-corrected chi connectivity index (χ0v) is 17.7. The van der Waals surface area contributed by atoms with Crippen LogP contribution in [0.4, 0.5) is 13.2 Å². The second kappa shape index (κ2) is 8.74. The van der Waals surface area contributed by atoms with Crippen LogP contribution < -0.4 is 0 Å². The summed E-state index contributed by atoms with van der Waals surface area (Å²) < 4.78 is 38.0. The minimum absolute atomic E-state index is 0.146. The van der Waals surface area contributed by atoms with Crippen molar-refractivity contribution in [1.82, 2.24) is 9.88 Å². The van der Waals surface area contributed by atoms with Gasteiger partial charge < -0.3 is 14.7 Å². The normalized spacial score (nSPS) is 22.3. The van der Waals surface area contributed by atoms with Gasteiger partial charge in [0.2, 0.25) is 0 Å². The molecule has 2 aliphatic heterocycles. The first-order valence-electron chi connectivity index (χ1n) is 9.78. The van der Waals surface area contributed by atoms with E-state index in [1.54, 1.807) is 0 Å². The van der Waals surface area contributed by atoms with E-state index >= 15 is 0 Å². The molecule has 6 nitrogen and oxygen atoms in total. The fourth-order valence-electron chi connectivity index (χ4n) is 3.62. The van der Waals surface area contributed by atoms with Crippen molar-refractivity contribution in [2.24, 2.45) is 5.92 Å². The molecule has 0 radical (unpaired) electrons. The summed E-state index contributed by atoms with van der Waals surface area (Å²) in [6.45, 7) is 6.55. The Morgan fingerprint density at radius 2 is 1.83 bits per heavy atom. The van der Waals surface area contributed by atoms with Crippen LogP contribution in [0.2, 0.25) is 0 Å². The van der Waals surface area contributed by atoms with Crippen molar-refractivity contribution in [3.05, 3.63) is 29.1 Å². The highest BCUT2D eigenvalue weighted by atomic mass is 32.2. The van der Waals surface area contributed by atoms with Crippen molar-refractivity contribution >= 4 is 23.6 Å². The Labute approximate surface area is 177 Å². The standard InChI is InChI=1S/C18H24N2O2S.C2HF3O2/c1-12-5-15(6-13(2)19-12)17(21)20-10-18(11-20)7-16(9-23-18)22-8-14-3-4-14;3-2(4,5)1(6)7/h5-6,14,16H,3-4,7-11H2,1-2H3;(H,6,7). The van der Waals surface area contributed by atoms with Crippen LogP contribution in [0.5, 0.6) is 0 Å². The van der Waals surface area contributed by atoms with Gasteiger partial charge in [-0.2, -0.15) is 13.2 Å². The minimum atomic E-state index is -5.08. The third-order valence-corrected chi connectivity index (χ3v) is 6.83. The zero-order chi connectivity index (χ0) is 22.1. The lowest BCUT2D eigenvalue weighted by Crippen LogP contribution is -2.60. The number of pyridine rings is 1. The Kier molecular flexibility index (Phi) is 6.66. The average molecular weight is 446 g/mol. The number of nitrogens with zero attached hydrogens (tertiary/aromatic N) is 2. The van der Waals surface area contributed by atoms with E-state index in [0.717, 1.165) is 54.7 Å². The fraction of sp³-hybridized carbons (Fsp3) is 0.650. The van der Waals surface area contributed by atoms with Crippen LogP contribution in [0.1, 0.15) is 41.0 Å². The van der Waals surface area contributed by atoms with Crippen LogP contribution >= 0.6 is 11.8 Å². The lowest BCUT2D eigenvalue weighted by Gasteiger charge is -2.47. The molecule has 1 aliphatic carbocycles. The van der Waals surface area contributed by atoms with Crippen molar-refractivity contribution in [2.75, 3.05) is 25.4 Å². The van der Waals surface area contributed by atoms with Gasteiger partial charge in [0.25, 0.3) is 5.91 Å². The highest BCUT2D eigenvalue weighted by Gasteiger charge is 2.51. The molecule has 1 saturated carbocycles. The molecule has 166 valence electrons. The molecule has 4 rings (SSSR count). The summed E-state index contributed by atoms with van der Waals surface area (Å²) in [7, 11) is 0. The maximum Gasteiger partial charge on any atom is 0.490 e. The molecule has 1 aromatic rings. The van der Waals surface area contributed by atoms with Gasteiger partial charge in [-0.25, -0.2) is 4.79 Å². The molecule has 3 heterocycles. The molecule has 30 heavy (non-hydrogen) atoms. The predicted molar refractivity (Wildman–Crippen MR) is 106 cm³/mol. The molecule has 1 spiro atoms. The number of hydrogen-bond acceptors (Lipinski definition) is 5. The highest BCUT2D eigenvalue weighted by Crippen LogP contribution is 2.46. The lowest BCUT2D eigenvalue weighted by molar-refractivity contribution is -0.192. The summed E-state index contributed by atoms with van der Waals surface area (Å²) in [5.41, 5.74) is 2.59. The van der Waals surface area contributed by atoms with Gasteiger partial charge in [-0.05, 0) is 51.2 Å². The summed E-state index contributed by atoms with van der Waals surface area (Å²) in [6, 6.07) is 3.79. The number of hydrogen-bond donors (Lipinski definition) is 1. The van der Waals surface area contributed by atoms with Gasteiger partial charge in [0.05, 0.1) is 10.9 Å². The number of thioether (sulfide) groups is 1. The molecule has 1 aromatic heterocycles. The van der Waals surface area contributed by atoms with Gasteiger partial charge in [0.15, 0.2) is 0 Å². The molecule has 1 N–H and O–H groups in total. The molecule has 3 fully saturated rings. The molecule has 1 unspecified atom stereocenters. The van der Waals surface area contributed by atoms with Crippen LogP contribution in [0.25, 0.3) is 0 Å². The van der Waals surface area contributed by atoms with Gasteiger partial charge in [-0.1, -0.05) is 0 Å². The first-order valence-corrected chi connectivity index (χ1v) is 10.8. The van der Waals surface area contributed by atoms with E-state index in [4.69, 9.17) is 14.6 Å². The maximum absolute atomic E-state index is 12.6. The number of amides is 1. The topological polar surface area (TPSA) is 79.7 Å². The number of ether oxygens (including phenoxy) is 1. The summed E-state index contributed by atoms with van der Waals surface area (Å²) in [4.78, 5) is 27.9. The minimum Gasteiger partial charge on any atom is -0.475 e. The highest BCUT2D eigenvalue weighted by molar-refractivity contribution is 8.01. The number of carbonyl (C=O) groups is 2. The van der Waals surface area contributed by atoms with Gasteiger partial charge >= 0.3 is 12.1 Å². The van der Waals surface area contributed by atoms with Crippen LogP contribution in [0.15, 0.2) is 12.1 Å². The number of halogens is 3. The second-order valence-electron chi connectivity index (χ2n) is 8.20. The van der Waals surface area contributed by atoms with E-state index in [1.165, 1.54) is 12.8 Å². The van der Waals surface area contributed by atoms with Crippen molar-refractivity contribution in [1.29, 1.82) is 0 Å². The van der Waals surface area contributed by atoms with E-state index < -0.39 is 12.1 Å². The number of aryl methyl sites for hydroxylation is 2. The number of carboxylic acids is 1. The molecule has 0 bridgehead atoms. The molecule has 1 amide bonds. The number of likely N-dealkylation sites (tertiary alicyclic amines) is 1. The van der Waals surface area contributed by atoms with Crippen LogP contribution in [-0.2, 0) is 9.53 Å². The van der Waals surface area contributed by atoms with Crippen LogP contribution in [0, 0.1) is 19.8 Å². The van der Waals surface area contributed by atoms with E-state index in [0.29, 0.717) is 6.10 Å². The molecular formula is C20H25F3N2O4S. The number of aromatic nitrogens is 1. The quantitative estimate of drug-likeness (QED) is 0.763. The van der Waals surface area contributed by atoms with Crippen molar-refractivity contribution in [3.8, 4) is 0 Å². The van der Waals surface area contributed by atoms with E-state index in [1.807, 2.05) is 42.6 Å². The van der Waals surface area contributed by atoms with Gasteiger partial charge in [-0.15, -0.1) is 11.8 Å². The summed E-state index contributed by atoms with van der Waals surface area (Å²) >= 11 is 2.00. The maximum atomic E-state index is 12.6. The number of aliphatic carboxylic acids is 1. The second-order valence-corrected chi connectivity index (χ2v) is 9.69. The van der Waals surface area contributed by atoms with E-state index in [9.17, 15) is 18.0 Å².